The number of rotatable bonds is 5. The van der Waals surface area contributed by atoms with E-state index >= 15 is 0 Å². The van der Waals surface area contributed by atoms with Crippen LogP contribution in [0.5, 0.6) is 5.75 Å². The second kappa shape index (κ2) is 7.21. The summed E-state index contributed by atoms with van der Waals surface area (Å²) >= 11 is 5.84. The van der Waals surface area contributed by atoms with Crippen molar-refractivity contribution in [2.24, 2.45) is 5.41 Å². The number of halogens is 2. The Morgan fingerprint density at radius 1 is 1.05 bits per heavy atom. The first-order valence-electron chi connectivity index (χ1n) is 7.19. The third kappa shape index (κ3) is 5.68. The van der Waals surface area contributed by atoms with Gasteiger partial charge in [0.05, 0.1) is 12.4 Å². The van der Waals surface area contributed by atoms with Crippen molar-refractivity contribution in [3.63, 3.8) is 0 Å². The molecule has 0 spiro atoms. The summed E-state index contributed by atoms with van der Waals surface area (Å²) in [6, 6.07) is 7.10. The lowest BCUT2D eigenvalue weighted by atomic mass is 9.83. The van der Waals surface area contributed by atoms with Crippen LogP contribution < -0.4 is 4.74 Å². The van der Waals surface area contributed by atoms with Gasteiger partial charge >= 0.3 is 0 Å². The molecule has 6 heteroatoms. The summed E-state index contributed by atoms with van der Waals surface area (Å²) in [5.74, 6) is 0.685. The zero-order valence-electron chi connectivity index (χ0n) is 11.9. The Labute approximate surface area is 136 Å². The number of hydrogen-bond donors (Lipinski definition) is 0. The summed E-state index contributed by atoms with van der Waals surface area (Å²) < 4.78 is 29.0. The molecule has 0 aromatic heterocycles. The molecule has 0 amide bonds. The monoisotopic (exact) mass is 350 g/mol. The highest BCUT2D eigenvalue weighted by Crippen LogP contribution is 2.37. The molecule has 3 nitrogen and oxygen atoms in total. The Hall–Kier alpha value is -0.450. The Morgan fingerprint density at radius 3 is 2.14 bits per heavy atom. The van der Waals surface area contributed by atoms with Crippen molar-refractivity contribution >= 4 is 31.3 Å². The van der Waals surface area contributed by atoms with Gasteiger partial charge in [-0.3, -0.25) is 0 Å². The minimum atomic E-state index is -3.54. The molecule has 21 heavy (non-hydrogen) atoms. The summed E-state index contributed by atoms with van der Waals surface area (Å²) in [5.41, 5.74) is -0.378. The molecule has 0 saturated heterocycles. The van der Waals surface area contributed by atoms with Crippen LogP contribution in [0.3, 0.4) is 0 Å². The molecule has 0 aliphatic heterocycles. The van der Waals surface area contributed by atoms with Gasteiger partial charge in [-0.1, -0.05) is 37.3 Å². The molecule has 0 N–H and O–H groups in total. The van der Waals surface area contributed by atoms with E-state index < -0.39 is 9.05 Å². The van der Waals surface area contributed by atoms with Crippen LogP contribution in [0, 0.1) is 5.41 Å². The van der Waals surface area contributed by atoms with Crippen molar-refractivity contribution in [3.8, 4) is 5.75 Å². The lowest BCUT2D eigenvalue weighted by Gasteiger charge is -2.31. The Balaban J connectivity index is 2.09. The molecule has 1 aliphatic carbocycles. The predicted octanol–water partition coefficient (Wildman–Crippen LogP) is 4.63. The largest absolute Gasteiger partial charge is 0.493 e. The first kappa shape index (κ1) is 16.9. The molecule has 1 aliphatic rings. The van der Waals surface area contributed by atoms with E-state index in [4.69, 9.17) is 27.0 Å². The molecule has 1 saturated carbocycles. The average molecular weight is 351 g/mol. The van der Waals surface area contributed by atoms with Crippen molar-refractivity contribution in [1.82, 2.24) is 0 Å². The van der Waals surface area contributed by atoms with E-state index in [-0.39, 0.29) is 11.2 Å². The Kier molecular flexibility index (Phi) is 5.81. The molecule has 2 rings (SSSR count). The average Bonchev–Trinajstić information content (AvgIpc) is 2.62. The van der Waals surface area contributed by atoms with E-state index in [2.05, 4.69) is 0 Å². The fourth-order valence-electron chi connectivity index (χ4n) is 2.94. The molecule has 1 aromatic carbocycles. The van der Waals surface area contributed by atoms with Crippen molar-refractivity contribution < 1.29 is 13.2 Å². The lowest BCUT2D eigenvalue weighted by molar-refractivity contribution is 0.146. The van der Waals surface area contributed by atoms with E-state index in [1.807, 2.05) is 0 Å². The third-order valence-corrected chi connectivity index (χ3v) is 5.54. The van der Waals surface area contributed by atoms with Crippen LogP contribution in [0.1, 0.15) is 38.5 Å². The molecule has 1 fully saturated rings. The van der Waals surface area contributed by atoms with Crippen molar-refractivity contribution in [1.29, 1.82) is 0 Å². The van der Waals surface area contributed by atoms with Crippen LogP contribution in [-0.4, -0.2) is 20.8 Å². The summed E-state index contributed by atoms with van der Waals surface area (Å²) in [6.45, 7) is 0.376. The molecule has 0 unspecified atom stereocenters. The highest BCUT2D eigenvalue weighted by Gasteiger charge is 2.36. The van der Waals surface area contributed by atoms with Crippen molar-refractivity contribution in [2.45, 2.75) is 38.5 Å². The fourth-order valence-corrected chi connectivity index (χ4v) is 4.87. The van der Waals surface area contributed by atoms with Crippen LogP contribution in [0.4, 0.5) is 0 Å². The maximum atomic E-state index is 11.6. The number of ether oxygens (including phenoxy) is 1. The molecule has 1 aromatic rings. The van der Waals surface area contributed by atoms with Gasteiger partial charge in [-0.05, 0) is 37.1 Å². The molecule has 0 heterocycles. The maximum absolute atomic E-state index is 11.6. The van der Waals surface area contributed by atoms with E-state index in [0.717, 1.165) is 38.5 Å². The SMILES string of the molecule is O=S(=O)(Cl)CC1(COc2ccc(Cl)cc2)CCCCCC1. The van der Waals surface area contributed by atoms with Crippen LogP contribution in [0.2, 0.25) is 5.02 Å². The van der Waals surface area contributed by atoms with Gasteiger partial charge in [0.1, 0.15) is 5.75 Å². The zero-order valence-corrected chi connectivity index (χ0v) is 14.2. The molecule has 0 atom stereocenters. The van der Waals surface area contributed by atoms with Crippen LogP contribution in [-0.2, 0) is 9.05 Å². The quantitative estimate of drug-likeness (QED) is 0.574. The van der Waals surface area contributed by atoms with Gasteiger partial charge in [0.2, 0.25) is 9.05 Å². The number of benzene rings is 1. The van der Waals surface area contributed by atoms with Crippen molar-refractivity contribution in [2.75, 3.05) is 12.4 Å². The zero-order chi connectivity index (χ0) is 15.3. The molecular weight excluding hydrogens is 331 g/mol. The highest BCUT2D eigenvalue weighted by molar-refractivity contribution is 8.13. The van der Waals surface area contributed by atoms with Crippen LogP contribution in [0.15, 0.2) is 24.3 Å². The molecular formula is C15H20Cl2O3S. The van der Waals surface area contributed by atoms with E-state index in [1.54, 1.807) is 24.3 Å². The number of hydrogen-bond acceptors (Lipinski definition) is 3. The van der Waals surface area contributed by atoms with E-state index in [1.165, 1.54) is 0 Å². The fraction of sp³-hybridized carbons (Fsp3) is 0.600. The topological polar surface area (TPSA) is 43.4 Å². The van der Waals surface area contributed by atoms with Gasteiger partial charge in [-0.25, -0.2) is 8.42 Å². The normalized spacial score (nSPS) is 19.0. The molecule has 0 radical (unpaired) electrons. The Morgan fingerprint density at radius 2 is 1.62 bits per heavy atom. The van der Waals surface area contributed by atoms with Gasteiger partial charge in [-0.15, -0.1) is 0 Å². The van der Waals surface area contributed by atoms with Gasteiger partial charge < -0.3 is 4.74 Å². The molecule has 0 bridgehead atoms. The standard InChI is InChI=1S/C15H20Cl2O3S/c16-13-5-7-14(8-6-13)20-11-15(12-21(17,18)19)9-3-1-2-4-10-15/h5-8H,1-4,9-12H2. The summed E-state index contributed by atoms with van der Waals surface area (Å²) in [6.07, 6.45) is 6.02. The first-order chi connectivity index (χ1) is 9.89. The second-order valence-electron chi connectivity index (χ2n) is 5.84. The van der Waals surface area contributed by atoms with Gasteiger partial charge in [0.15, 0.2) is 0 Å². The second-order valence-corrected chi connectivity index (χ2v) is 9.05. The summed E-state index contributed by atoms with van der Waals surface area (Å²) in [4.78, 5) is 0. The Bertz CT molecular complexity index is 547. The predicted molar refractivity (Wildman–Crippen MR) is 86.7 cm³/mol. The maximum Gasteiger partial charge on any atom is 0.233 e. The van der Waals surface area contributed by atoms with Gasteiger partial charge in [0.25, 0.3) is 0 Å². The summed E-state index contributed by atoms with van der Waals surface area (Å²) in [7, 11) is 1.97. The minimum absolute atomic E-state index is 0.0187. The van der Waals surface area contributed by atoms with Gasteiger partial charge in [0, 0.05) is 21.1 Å². The van der Waals surface area contributed by atoms with Gasteiger partial charge in [-0.2, -0.15) is 0 Å². The highest BCUT2D eigenvalue weighted by atomic mass is 35.7. The summed E-state index contributed by atoms with van der Waals surface area (Å²) in [5, 5.41) is 0.648. The van der Waals surface area contributed by atoms with Crippen molar-refractivity contribution in [3.05, 3.63) is 29.3 Å². The smallest absolute Gasteiger partial charge is 0.233 e. The van der Waals surface area contributed by atoms with Crippen LogP contribution >= 0.6 is 22.3 Å². The van der Waals surface area contributed by atoms with E-state index in [0.29, 0.717) is 17.4 Å². The lowest BCUT2D eigenvalue weighted by Crippen LogP contribution is -2.34. The van der Waals surface area contributed by atoms with Crippen LogP contribution in [0.25, 0.3) is 0 Å². The third-order valence-electron chi connectivity index (χ3n) is 4.00. The first-order valence-corrected chi connectivity index (χ1v) is 10.1. The van der Waals surface area contributed by atoms with E-state index in [9.17, 15) is 8.42 Å². The molecule has 118 valence electrons. The minimum Gasteiger partial charge on any atom is -0.493 e.